The van der Waals surface area contributed by atoms with Crippen LogP contribution in [0.1, 0.15) is 158 Å². The minimum Gasteiger partial charge on any atom is -0.367 e. The molecule has 0 saturated carbocycles. The molecule has 0 aliphatic heterocycles. The summed E-state index contributed by atoms with van der Waals surface area (Å²) in [6, 6.07) is 0. The van der Waals surface area contributed by atoms with Crippen molar-refractivity contribution in [1.82, 2.24) is 9.80 Å². The molecule has 0 rings (SSSR count). The molecule has 0 amide bonds. The summed E-state index contributed by atoms with van der Waals surface area (Å²) in [5, 5.41) is 0. The smallest absolute Gasteiger partial charge is 0.104 e. The molecule has 0 bridgehead atoms. The number of unbranched alkanes of at least 4 members (excludes halogenated alkanes) is 4. The molecular weight excluding hydrogens is 541 g/mol. The van der Waals surface area contributed by atoms with E-state index < -0.39 is 0 Å². The Morgan fingerprint density at radius 3 is 0.902 bits per heavy atom. The van der Waals surface area contributed by atoms with E-state index in [1.54, 1.807) is 0 Å². The summed E-state index contributed by atoms with van der Waals surface area (Å²) in [6.45, 7) is 23.9. The molecule has 0 heterocycles. The van der Waals surface area contributed by atoms with Gasteiger partial charge in [-0.05, 0) is 49.4 Å². The van der Waals surface area contributed by atoms with Crippen LogP contribution in [-0.4, -0.2) is 59.2 Å². The fourth-order valence-electron chi connectivity index (χ4n) is 5.88. The lowest BCUT2D eigenvalue weighted by Crippen LogP contribution is -2.42. The average Bonchev–Trinajstić information content (AvgIpc) is 2.99. The standard InChI is InChI=1S/C36H72N2OS2/c1-9-17-21-31(13-5)25-37(26-32(14-6)22-18-10-2)35(40)29-39-30-36(41)38(27-33(15-7)23-19-11-3)28-34(16-8)24-20-12-4/h31-34H,9-30H2,1-8H3. The molecule has 41 heavy (non-hydrogen) atoms. The molecule has 0 aromatic heterocycles. The van der Waals surface area contributed by atoms with Crippen molar-refractivity contribution in [3.8, 4) is 0 Å². The third kappa shape index (κ3) is 19.6. The highest BCUT2D eigenvalue weighted by molar-refractivity contribution is 7.80. The van der Waals surface area contributed by atoms with Gasteiger partial charge in [0.2, 0.25) is 0 Å². The molecule has 4 atom stereocenters. The maximum atomic E-state index is 6.34. The number of thiocarbonyl (C=S) groups is 2. The second-order valence-corrected chi connectivity index (χ2v) is 13.7. The second kappa shape index (κ2) is 27.3. The lowest BCUT2D eigenvalue weighted by Gasteiger charge is -2.34. The molecule has 0 fully saturated rings. The first-order valence-electron chi connectivity index (χ1n) is 18.0. The van der Waals surface area contributed by atoms with Crippen molar-refractivity contribution >= 4 is 34.4 Å². The van der Waals surface area contributed by atoms with E-state index in [4.69, 9.17) is 29.2 Å². The first-order valence-corrected chi connectivity index (χ1v) is 18.8. The van der Waals surface area contributed by atoms with Crippen molar-refractivity contribution in [3.63, 3.8) is 0 Å². The van der Waals surface area contributed by atoms with Gasteiger partial charge in [0.1, 0.15) is 9.98 Å². The summed E-state index contributed by atoms with van der Waals surface area (Å²) in [5.74, 6) is 2.82. The average molecular weight is 613 g/mol. The van der Waals surface area contributed by atoms with Crippen molar-refractivity contribution in [2.24, 2.45) is 23.7 Å². The molecule has 0 aromatic rings. The van der Waals surface area contributed by atoms with Gasteiger partial charge in [0.05, 0.1) is 13.2 Å². The highest BCUT2D eigenvalue weighted by atomic mass is 32.1. The number of hydrogen-bond donors (Lipinski definition) is 0. The Hall–Kier alpha value is -0.260. The van der Waals surface area contributed by atoms with Gasteiger partial charge >= 0.3 is 0 Å². The van der Waals surface area contributed by atoms with Crippen molar-refractivity contribution in [2.75, 3.05) is 39.4 Å². The van der Waals surface area contributed by atoms with Crippen molar-refractivity contribution in [2.45, 2.75) is 158 Å². The van der Waals surface area contributed by atoms with Crippen LogP contribution in [0.5, 0.6) is 0 Å². The van der Waals surface area contributed by atoms with E-state index in [-0.39, 0.29) is 0 Å². The zero-order chi connectivity index (χ0) is 30.9. The monoisotopic (exact) mass is 613 g/mol. The third-order valence-electron chi connectivity index (χ3n) is 9.24. The van der Waals surface area contributed by atoms with Crippen LogP contribution in [0.15, 0.2) is 0 Å². The maximum absolute atomic E-state index is 6.34. The Balaban J connectivity index is 5.42. The molecule has 5 heteroatoms. The van der Waals surface area contributed by atoms with E-state index in [2.05, 4.69) is 65.2 Å². The Morgan fingerprint density at radius 2 is 0.707 bits per heavy atom. The lowest BCUT2D eigenvalue weighted by atomic mass is 9.95. The van der Waals surface area contributed by atoms with Crippen LogP contribution in [0, 0.1) is 23.7 Å². The van der Waals surface area contributed by atoms with Gasteiger partial charge in [-0.1, -0.05) is 157 Å². The van der Waals surface area contributed by atoms with Crippen molar-refractivity contribution in [3.05, 3.63) is 0 Å². The predicted molar refractivity (Wildman–Crippen MR) is 192 cm³/mol. The molecule has 4 unspecified atom stereocenters. The van der Waals surface area contributed by atoms with Crippen molar-refractivity contribution < 1.29 is 4.74 Å². The summed E-state index contributed by atoms with van der Waals surface area (Å²) in [5.41, 5.74) is 0. The van der Waals surface area contributed by atoms with Crippen LogP contribution < -0.4 is 0 Å². The fourth-order valence-corrected chi connectivity index (χ4v) is 6.35. The van der Waals surface area contributed by atoms with Gasteiger partial charge in [0.25, 0.3) is 0 Å². The van der Waals surface area contributed by atoms with Gasteiger partial charge in [-0.15, -0.1) is 0 Å². The Labute approximate surface area is 269 Å². The quantitative estimate of drug-likeness (QED) is 0.0814. The van der Waals surface area contributed by atoms with Gasteiger partial charge in [0.15, 0.2) is 0 Å². The molecular formula is C36H72N2OS2. The topological polar surface area (TPSA) is 15.7 Å². The number of hydrogen-bond acceptors (Lipinski definition) is 3. The Bertz CT molecular complexity index is 541. The fraction of sp³-hybridized carbons (Fsp3) is 0.944. The molecule has 0 aliphatic rings. The molecule has 244 valence electrons. The van der Waals surface area contributed by atoms with E-state index in [9.17, 15) is 0 Å². The molecule has 0 spiro atoms. The number of nitrogens with zero attached hydrogens (tertiary/aromatic N) is 2. The predicted octanol–water partition coefficient (Wildman–Crippen LogP) is 11.1. The highest BCUT2D eigenvalue weighted by Crippen LogP contribution is 2.21. The second-order valence-electron chi connectivity index (χ2n) is 12.8. The summed E-state index contributed by atoms with van der Waals surface area (Å²) in [4.78, 5) is 6.99. The van der Waals surface area contributed by atoms with Gasteiger partial charge < -0.3 is 14.5 Å². The molecule has 0 aliphatic carbocycles. The molecule has 0 aromatic carbocycles. The molecule has 0 radical (unpaired) electrons. The minimum atomic E-state index is 0.512. The van der Waals surface area contributed by atoms with E-state index in [0.29, 0.717) is 36.9 Å². The van der Waals surface area contributed by atoms with E-state index in [1.807, 2.05) is 0 Å². The summed E-state index contributed by atoms with van der Waals surface area (Å²) in [6.07, 6.45) is 20.4. The molecule has 0 saturated heterocycles. The number of rotatable bonds is 28. The van der Waals surface area contributed by atoms with Crippen LogP contribution in [0.4, 0.5) is 0 Å². The van der Waals surface area contributed by atoms with Crippen molar-refractivity contribution in [1.29, 1.82) is 0 Å². The van der Waals surface area contributed by atoms with Crippen LogP contribution >= 0.6 is 24.4 Å². The normalized spacial score (nSPS) is 14.4. The zero-order valence-corrected chi connectivity index (χ0v) is 30.6. The largest absolute Gasteiger partial charge is 0.367 e. The first-order chi connectivity index (χ1) is 19.8. The zero-order valence-electron chi connectivity index (χ0n) is 29.0. The van der Waals surface area contributed by atoms with Crippen LogP contribution in [-0.2, 0) is 4.74 Å². The highest BCUT2D eigenvalue weighted by Gasteiger charge is 2.22. The molecule has 0 N–H and O–H groups in total. The van der Waals surface area contributed by atoms with E-state index in [1.165, 1.54) is 103 Å². The molecule has 3 nitrogen and oxygen atoms in total. The lowest BCUT2D eigenvalue weighted by molar-refractivity contribution is 0.180. The summed E-state index contributed by atoms with van der Waals surface area (Å²) >= 11 is 12.1. The first kappa shape index (κ1) is 40.7. The van der Waals surface area contributed by atoms with Crippen LogP contribution in [0.25, 0.3) is 0 Å². The van der Waals surface area contributed by atoms with E-state index in [0.717, 1.165) is 36.2 Å². The van der Waals surface area contributed by atoms with Gasteiger partial charge in [-0.2, -0.15) is 0 Å². The van der Waals surface area contributed by atoms with E-state index >= 15 is 0 Å². The Kier molecular flexibility index (Phi) is 27.1. The Morgan fingerprint density at radius 1 is 0.463 bits per heavy atom. The number of ether oxygens (including phenoxy) is 1. The summed E-state index contributed by atoms with van der Waals surface area (Å²) < 4.78 is 6.34. The third-order valence-corrected chi connectivity index (χ3v) is 10.00. The SMILES string of the molecule is CCCCC(CC)CN(CC(CC)CCCC)C(=S)COCC(=S)N(CC(CC)CCCC)CC(CC)CCCC. The minimum absolute atomic E-state index is 0.512. The summed E-state index contributed by atoms with van der Waals surface area (Å²) in [7, 11) is 0. The van der Waals surface area contributed by atoms with Gasteiger partial charge in [0, 0.05) is 26.2 Å². The van der Waals surface area contributed by atoms with Crippen LogP contribution in [0.2, 0.25) is 0 Å². The van der Waals surface area contributed by atoms with Crippen LogP contribution in [0.3, 0.4) is 0 Å². The van der Waals surface area contributed by atoms with Gasteiger partial charge in [-0.25, -0.2) is 0 Å². The van der Waals surface area contributed by atoms with Gasteiger partial charge in [-0.3, -0.25) is 0 Å². The maximum Gasteiger partial charge on any atom is 0.104 e.